The van der Waals surface area contributed by atoms with E-state index < -0.39 is 0 Å². The summed E-state index contributed by atoms with van der Waals surface area (Å²) in [5, 5.41) is 5.44. The summed E-state index contributed by atoms with van der Waals surface area (Å²) >= 11 is 1.40. The van der Waals surface area contributed by atoms with Gasteiger partial charge >= 0.3 is 0 Å². The monoisotopic (exact) mass is 486 g/mol. The molecule has 1 aliphatic heterocycles. The number of morpholine rings is 1. The molecule has 180 valence electrons. The maximum absolute atomic E-state index is 14.3. The van der Waals surface area contributed by atoms with E-state index in [-0.39, 0.29) is 17.5 Å². The Balaban J connectivity index is 1.37. The van der Waals surface area contributed by atoms with Crippen LogP contribution in [0.2, 0.25) is 0 Å². The lowest BCUT2D eigenvalue weighted by atomic mass is 10.1. The van der Waals surface area contributed by atoms with E-state index in [2.05, 4.69) is 15.2 Å². The molecule has 34 heavy (non-hydrogen) atoms. The third kappa shape index (κ3) is 7.14. The summed E-state index contributed by atoms with van der Waals surface area (Å²) in [5.74, 6) is -0.769. The Kier molecular flexibility index (Phi) is 8.70. The van der Waals surface area contributed by atoms with Crippen LogP contribution in [-0.4, -0.2) is 60.1 Å². The lowest BCUT2D eigenvalue weighted by Gasteiger charge is -2.26. The number of ether oxygens (including phenoxy) is 1. The maximum Gasteiger partial charge on any atom is 0.270 e. The molecule has 1 fully saturated rings. The molecular formula is C25H28F2N4O2S. The predicted molar refractivity (Wildman–Crippen MR) is 127 cm³/mol. The highest BCUT2D eigenvalue weighted by molar-refractivity contribution is 7.09. The zero-order chi connectivity index (χ0) is 23.8. The summed E-state index contributed by atoms with van der Waals surface area (Å²) in [4.78, 5) is 21.3. The number of hydrogen-bond acceptors (Lipinski definition) is 6. The van der Waals surface area contributed by atoms with Crippen molar-refractivity contribution in [1.82, 2.24) is 20.1 Å². The van der Waals surface area contributed by atoms with Crippen molar-refractivity contribution in [3.8, 4) is 0 Å². The summed E-state index contributed by atoms with van der Waals surface area (Å²) in [7, 11) is 0. The van der Waals surface area contributed by atoms with Crippen LogP contribution >= 0.6 is 11.3 Å². The van der Waals surface area contributed by atoms with Crippen LogP contribution in [0, 0.1) is 11.6 Å². The summed E-state index contributed by atoms with van der Waals surface area (Å²) in [6.45, 7) is 5.84. The second-order valence-electron chi connectivity index (χ2n) is 8.20. The Labute approximate surface area is 202 Å². The molecule has 3 aromatic rings. The van der Waals surface area contributed by atoms with E-state index >= 15 is 0 Å². The van der Waals surface area contributed by atoms with Crippen molar-refractivity contribution in [3.05, 3.63) is 87.4 Å². The number of nitrogens with one attached hydrogen (secondary N) is 1. The van der Waals surface area contributed by atoms with Gasteiger partial charge in [0.1, 0.15) is 22.3 Å². The number of carbonyl (C=O) groups is 1. The molecule has 0 unspecified atom stereocenters. The summed E-state index contributed by atoms with van der Waals surface area (Å²) in [5.41, 5.74) is 1.87. The normalized spacial score (nSPS) is 14.4. The van der Waals surface area contributed by atoms with Gasteiger partial charge in [-0.2, -0.15) is 0 Å². The first-order valence-electron chi connectivity index (χ1n) is 11.3. The summed E-state index contributed by atoms with van der Waals surface area (Å²) in [6.07, 6.45) is 0. The Morgan fingerprint density at radius 1 is 1.06 bits per heavy atom. The number of nitrogens with zero attached hydrogens (tertiary/aromatic N) is 3. The molecule has 0 spiro atoms. The van der Waals surface area contributed by atoms with Crippen molar-refractivity contribution in [2.75, 3.05) is 39.4 Å². The molecule has 1 N–H and O–H groups in total. The van der Waals surface area contributed by atoms with Gasteiger partial charge in [-0.25, -0.2) is 13.8 Å². The van der Waals surface area contributed by atoms with Gasteiger partial charge in [0.2, 0.25) is 0 Å². The molecule has 1 amide bonds. The van der Waals surface area contributed by atoms with Crippen LogP contribution in [0.5, 0.6) is 0 Å². The van der Waals surface area contributed by atoms with Gasteiger partial charge in [0.15, 0.2) is 0 Å². The van der Waals surface area contributed by atoms with Crippen molar-refractivity contribution in [2.45, 2.75) is 19.6 Å². The van der Waals surface area contributed by atoms with Crippen molar-refractivity contribution in [1.29, 1.82) is 0 Å². The number of amides is 1. The van der Waals surface area contributed by atoms with Crippen molar-refractivity contribution < 1.29 is 18.3 Å². The first-order valence-corrected chi connectivity index (χ1v) is 12.2. The van der Waals surface area contributed by atoms with Gasteiger partial charge < -0.3 is 10.1 Å². The van der Waals surface area contributed by atoms with Gasteiger partial charge in [0, 0.05) is 50.2 Å². The van der Waals surface area contributed by atoms with E-state index in [1.807, 2.05) is 4.90 Å². The molecule has 2 heterocycles. The molecule has 1 aromatic heterocycles. The van der Waals surface area contributed by atoms with Gasteiger partial charge in [0.05, 0.1) is 19.8 Å². The summed E-state index contributed by atoms with van der Waals surface area (Å²) in [6, 6.07) is 12.9. The predicted octanol–water partition coefficient (Wildman–Crippen LogP) is 3.69. The standard InChI is InChI=1S/C25H28F2N4O2S/c26-21-7-5-19(6-8-21)15-31(16-20-3-1-2-4-22(20)27)17-24-29-23(18-34-24)25(32)28-9-10-30-11-13-33-14-12-30/h1-8,18H,9-17H2,(H,28,32). The molecule has 1 saturated heterocycles. The lowest BCUT2D eigenvalue weighted by molar-refractivity contribution is 0.0383. The zero-order valence-corrected chi connectivity index (χ0v) is 19.7. The highest BCUT2D eigenvalue weighted by atomic mass is 32.1. The van der Waals surface area contributed by atoms with Crippen LogP contribution < -0.4 is 5.32 Å². The highest BCUT2D eigenvalue weighted by Crippen LogP contribution is 2.19. The second kappa shape index (κ2) is 12.1. The first kappa shape index (κ1) is 24.4. The van der Waals surface area contributed by atoms with Gasteiger partial charge in [0.25, 0.3) is 5.91 Å². The van der Waals surface area contributed by atoms with Crippen molar-refractivity contribution in [3.63, 3.8) is 0 Å². The molecule has 0 aliphatic carbocycles. The first-order chi connectivity index (χ1) is 16.6. The lowest BCUT2D eigenvalue weighted by Crippen LogP contribution is -2.41. The molecule has 2 aromatic carbocycles. The molecule has 0 bridgehead atoms. The molecule has 6 nitrogen and oxygen atoms in total. The highest BCUT2D eigenvalue weighted by Gasteiger charge is 2.16. The van der Waals surface area contributed by atoms with E-state index in [0.29, 0.717) is 37.4 Å². The Hall–Kier alpha value is -2.72. The summed E-state index contributed by atoms with van der Waals surface area (Å²) < 4.78 is 33.0. The van der Waals surface area contributed by atoms with E-state index in [1.54, 1.807) is 35.7 Å². The number of benzene rings is 2. The fourth-order valence-corrected chi connectivity index (χ4v) is 4.62. The van der Waals surface area contributed by atoms with Gasteiger partial charge in [-0.1, -0.05) is 30.3 Å². The SMILES string of the molecule is O=C(NCCN1CCOCC1)c1csc(CN(Cc2ccc(F)cc2)Cc2ccccc2F)n1. The van der Waals surface area contributed by atoms with E-state index in [4.69, 9.17) is 4.74 Å². The Morgan fingerprint density at radius 2 is 1.82 bits per heavy atom. The zero-order valence-electron chi connectivity index (χ0n) is 18.9. The number of rotatable bonds is 10. The molecule has 0 atom stereocenters. The number of thiazole rings is 1. The number of hydrogen-bond donors (Lipinski definition) is 1. The third-order valence-corrected chi connectivity index (χ3v) is 6.47. The fraction of sp³-hybridized carbons (Fsp3) is 0.360. The second-order valence-corrected chi connectivity index (χ2v) is 9.14. The number of aromatic nitrogens is 1. The van der Waals surface area contributed by atoms with Crippen LogP contribution in [0.3, 0.4) is 0 Å². The van der Waals surface area contributed by atoms with Gasteiger partial charge in [-0.15, -0.1) is 11.3 Å². The van der Waals surface area contributed by atoms with Crippen LogP contribution in [-0.2, 0) is 24.4 Å². The third-order valence-electron chi connectivity index (χ3n) is 5.63. The Morgan fingerprint density at radius 3 is 2.59 bits per heavy atom. The van der Waals surface area contributed by atoms with Crippen molar-refractivity contribution in [2.24, 2.45) is 0 Å². The minimum Gasteiger partial charge on any atom is -0.379 e. The van der Waals surface area contributed by atoms with E-state index in [1.165, 1.54) is 29.5 Å². The maximum atomic E-state index is 14.3. The molecule has 0 saturated carbocycles. The minimum atomic E-state index is -0.298. The average molecular weight is 487 g/mol. The molecule has 9 heteroatoms. The molecule has 0 radical (unpaired) electrons. The Bertz CT molecular complexity index is 1070. The molecular weight excluding hydrogens is 458 g/mol. The van der Waals surface area contributed by atoms with Crippen LogP contribution in [0.1, 0.15) is 26.6 Å². The molecule has 1 aliphatic rings. The van der Waals surface area contributed by atoms with E-state index in [0.717, 1.165) is 43.4 Å². The van der Waals surface area contributed by atoms with Crippen LogP contribution in [0.15, 0.2) is 53.9 Å². The fourth-order valence-electron chi connectivity index (χ4n) is 3.81. The minimum absolute atomic E-state index is 0.199. The van der Waals surface area contributed by atoms with E-state index in [9.17, 15) is 13.6 Å². The largest absolute Gasteiger partial charge is 0.379 e. The number of halogens is 2. The van der Waals surface area contributed by atoms with Gasteiger partial charge in [-0.3, -0.25) is 14.6 Å². The average Bonchev–Trinajstić information content (AvgIpc) is 3.31. The van der Waals surface area contributed by atoms with Crippen LogP contribution in [0.25, 0.3) is 0 Å². The number of carbonyl (C=O) groups excluding carboxylic acids is 1. The quantitative estimate of drug-likeness (QED) is 0.474. The smallest absolute Gasteiger partial charge is 0.270 e. The van der Waals surface area contributed by atoms with Crippen molar-refractivity contribution >= 4 is 17.2 Å². The van der Waals surface area contributed by atoms with Crippen LogP contribution in [0.4, 0.5) is 8.78 Å². The van der Waals surface area contributed by atoms with Gasteiger partial charge in [-0.05, 0) is 23.8 Å². The topological polar surface area (TPSA) is 57.7 Å². The molecule has 4 rings (SSSR count).